The van der Waals surface area contributed by atoms with E-state index in [1.54, 1.807) is 25.1 Å². The van der Waals surface area contributed by atoms with Crippen molar-refractivity contribution in [1.82, 2.24) is 20.3 Å². The van der Waals surface area contributed by atoms with Crippen molar-refractivity contribution in [2.24, 2.45) is 0 Å². The summed E-state index contributed by atoms with van der Waals surface area (Å²) in [7, 11) is 0. The lowest BCUT2D eigenvalue weighted by Crippen LogP contribution is -2.23. The summed E-state index contributed by atoms with van der Waals surface area (Å²) in [6.45, 7) is 1.70. The summed E-state index contributed by atoms with van der Waals surface area (Å²) < 4.78 is 1.19. The maximum atomic E-state index is 12.0. The van der Waals surface area contributed by atoms with E-state index >= 15 is 0 Å². The zero-order chi connectivity index (χ0) is 15.4. The molecule has 1 aromatic heterocycles. The van der Waals surface area contributed by atoms with Gasteiger partial charge in [-0.1, -0.05) is 16.8 Å². The predicted molar refractivity (Wildman–Crippen MR) is 75.0 cm³/mol. The van der Waals surface area contributed by atoms with Crippen molar-refractivity contribution < 1.29 is 14.7 Å². The molecule has 21 heavy (non-hydrogen) atoms. The number of amides is 1. The molecule has 1 heterocycles. The predicted octanol–water partition coefficient (Wildman–Crippen LogP) is 1.25. The van der Waals surface area contributed by atoms with Gasteiger partial charge in [0.25, 0.3) is 5.91 Å². The summed E-state index contributed by atoms with van der Waals surface area (Å²) >= 11 is 5.84. The Kier molecular flexibility index (Phi) is 4.54. The molecule has 0 saturated heterocycles. The molecule has 0 aliphatic carbocycles. The topological polar surface area (TPSA) is 97.1 Å². The molecule has 7 nitrogen and oxygen atoms in total. The van der Waals surface area contributed by atoms with Crippen LogP contribution in [0.2, 0.25) is 5.02 Å². The largest absolute Gasteiger partial charge is 0.480 e. The molecule has 0 aliphatic rings. The van der Waals surface area contributed by atoms with E-state index in [0.717, 1.165) is 5.56 Å². The van der Waals surface area contributed by atoms with E-state index in [2.05, 4.69) is 15.6 Å². The van der Waals surface area contributed by atoms with Gasteiger partial charge in [-0.2, -0.15) is 0 Å². The second-order valence-corrected chi connectivity index (χ2v) is 4.88. The van der Waals surface area contributed by atoms with Gasteiger partial charge in [0.1, 0.15) is 12.2 Å². The molecule has 0 radical (unpaired) electrons. The number of benzene rings is 1. The van der Waals surface area contributed by atoms with Gasteiger partial charge in [-0.05, 0) is 30.7 Å². The van der Waals surface area contributed by atoms with Crippen LogP contribution in [0.15, 0.2) is 24.4 Å². The van der Waals surface area contributed by atoms with Crippen molar-refractivity contribution in [3.8, 4) is 0 Å². The van der Waals surface area contributed by atoms with Gasteiger partial charge in [0.2, 0.25) is 0 Å². The Labute approximate surface area is 125 Å². The van der Waals surface area contributed by atoms with Crippen LogP contribution in [0.25, 0.3) is 0 Å². The number of carbonyl (C=O) groups is 2. The normalized spacial score (nSPS) is 10.4. The quantitative estimate of drug-likeness (QED) is 0.866. The second-order valence-electron chi connectivity index (χ2n) is 4.44. The highest BCUT2D eigenvalue weighted by Crippen LogP contribution is 2.15. The lowest BCUT2D eigenvalue weighted by Gasteiger charge is -2.06. The van der Waals surface area contributed by atoms with Gasteiger partial charge in [0, 0.05) is 10.6 Å². The van der Waals surface area contributed by atoms with E-state index in [4.69, 9.17) is 16.7 Å². The van der Waals surface area contributed by atoms with Crippen molar-refractivity contribution in [1.29, 1.82) is 0 Å². The zero-order valence-corrected chi connectivity index (χ0v) is 12.0. The van der Waals surface area contributed by atoms with Crippen molar-refractivity contribution in [2.75, 3.05) is 0 Å². The Hall–Kier alpha value is -2.41. The highest BCUT2D eigenvalue weighted by Gasteiger charge is 2.10. The van der Waals surface area contributed by atoms with Crippen LogP contribution in [0.3, 0.4) is 0 Å². The van der Waals surface area contributed by atoms with Crippen LogP contribution in [0.1, 0.15) is 21.6 Å². The van der Waals surface area contributed by atoms with Crippen molar-refractivity contribution in [3.63, 3.8) is 0 Å². The average Bonchev–Trinajstić information content (AvgIpc) is 2.82. The Balaban J connectivity index is 1.97. The van der Waals surface area contributed by atoms with Crippen LogP contribution in [-0.4, -0.2) is 32.0 Å². The van der Waals surface area contributed by atoms with Crippen LogP contribution in [0.5, 0.6) is 0 Å². The van der Waals surface area contributed by atoms with Gasteiger partial charge in [0.05, 0.1) is 12.7 Å². The molecule has 1 amide bonds. The molecule has 0 bridgehead atoms. The number of carboxylic acid groups (broad SMARTS) is 1. The molecule has 2 rings (SSSR count). The number of aliphatic carboxylic acids is 1. The standard InChI is InChI=1S/C13H13ClN4O3/c1-8-4-9(14)2-3-11(8)13(21)15-5-10-6-18(17-16-10)7-12(19)20/h2-4,6H,5,7H2,1H3,(H,15,21)(H,19,20). The number of hydrogen-bond donors (Lipinski definition) is 2. The van der Waals surface area contributed by atoms with Crippen molar-refractivity contribution in [3.05, 3.63) is 46.2 Å². The first-order valence-electron chi connectivity index (χ1n) is 6.11. The molecule has 0 aliphatic heterocycles. The monoisotopic (exact) mass is 308 g/mol. The minimum absolute atomic E-state index is 0.167. The molecule has 0 atom stereocenters. The number of halogens is 1. The Bertz CT molecular complexity index is 684. The van der Waals surface area contributed by atoms with Crippen molar-refractivity contribution >= 4 is 23.5 Å². The number of rotatable bonds is 5. The molecule has 0 saturated carbocycles. The fourth-order valence-electron chi connectivity index (χ4n) is 1.78. The third-order valence-electron chi connectivity index (χ3n) is 2.75. The summed E-state index contributed by atoms with van der Waals surface area (Å²) in [6.07, 6.45) is 1.48. The minimum Gasteiger partial charge on any atom is -0.480 e. The molecule has 2 N–H and O–H groups in total. The lowest BCUT2D eigenvalue weighted by molar-refractivity contribution is -0.137. The molecule has 8 heteroatoms. The van der Waals surface area contributed by atoms with Gasteiger partial charge in [-0.3, -0.25) is 9.59 Å². The van der Waals surface area contributed by atoms with Gasteiger partial charge in [0.15, 0.2) is 0 Å². The zero-order valence-electron chi connectivity index (χ0n) is 11.2. The maximum Gasteiger partial charge on any atom is 0.325 e. The number of nitrogens with zero attached hydrogens (tertiary/aromatic N) is 3. The fraction of sp³-hybridized carbons (Fsp3) is 0.231. The number of nitrogens with one attached hydrogen (secondary N) is 1. The van der Waals surface area contributed by atoms with E-state index in [0.29, 0.717) is 16.3 Å². The van der Waals surface area contributed by atoms with E-state index in [-0.39, 0.29) is 19.0 Å². The summed E-state index contributed by atoms with van der Waals surface area (Å²) in [6, 6.07) is 5.00. The maximum absolute atomic E-state index is 12.0. The van der Waals surface area contributed by atoms with E-state index in [1.165, 1.54) is 10.9 Å². The molecular weight excluding hydrogens is 296 g/mol. The summed E-state index contributed by atoms with van der Waals surface area (Å²) in [5.74, 6) is -1.26. The number of carboxylic acids is 1. The third-order valence-corrected chi connectivity index (χ3v) is 2.98. The third kappa shape index (κ3) is 4.03. The molecule has 0 spiro atoms. The van der Waals surface area contributed by atoms with E-state index in [9.17, 15) is 9.59 Å². The minimum atomic E-state index is -1.01. The van der Waals surface area contributed by atoms with Crippen LogP contribution < -0.4 is 5.32 Å². The number of hydrogen-bond acceptors (Lipinski definition) is 4. The lowest BCUT2D eigenvalue weighted by atomic mass is 10.1. The van der Waals surface area contributed by atoms with E-state index < -0.39 is 5.97 Å². The van der Waals surface area contributed by atoms with Crippen LogP contribution in [-0.2, 0) is 17.9 Å². The number of carbonyl (C=O) groups excluding carboxylic acids is 1. The summed E-state index contributed by atoms with van der Waals surface area (Å²) in [4.78, 5) is 22.6. The highest BCUT2D eigenvalue weighted by atomic mass is 35.5. The smallest absolute Gasteiger partial charge is 0.325 e. The second kappa shape index (κ2) is 6.36. The van der Waals surface area contributed by atoms with Gasteiger partial charge >= 0.3 is 5.97 Å². The van der Waals surface area contributed by atoms with Crippen LogP contribution in [0, 0.1) is 6.92 Å². The molecule has 0 unspecified atom stereocenters. The number of aryl methyl sites for hydroxylation is 1. The van der Waals surface area contributed by atoms with Gasteiger partial charge < -0.3 is 10.4 Å². The van der Waals surface area contributed by atoms with Gasteiger partial charge in [-0.25, -0.2) is 4.68 Å². The van der Waals surface area contributed by atoms with Crippen LogP contribution >= 0.6 is 11.6 Å². The molecule has 2 aromatic rings. The molecule has 110 valence electrons. The Morgan fingerprint density at radius 3 is 2.86 bits per heavy atom. The number of aromatic nitrogens is 3. The Morgan fingerprint density at radius 2 is 2.19 bits per heavy atom. The molecule has 1 aromatic carbocycles. The summed E-state index contributed by atoms with van der Waals surface area (Å²) in [5, 5.41) is 19.3. The molecular formula is C13H13ClN4O3. The first kappa shape index (κ1) is 15.0. The molecule has 0 fully saturated rings. The fourth-order valence-corrected chi connectivity index (χ4v) is 2.01. The average molecular weight is 309 g/mol. The SMILES string of the molecule is Cc1cc(Cl)ccc1C(=O)NCc1cn(CC(=O)O)nn1. The first-order chi connectivity index (χ1) is 9.95. The summed E-state index contributed by atoms with van der Waals surface area (Å²) in [5.41, 5.74) is 1.78. The first-order valence-corrected chi connectivity index (χ1v) is 6.48. The van der Waals surface area contributed by atoms with Gasteiger partial charge in [-0.15, -0.1) is 5.10 Å². The Morgan fingerprint density at radius 1 is 1.43 bits per heavy atom. The van der Waals surface area contributed by atoms with Crippen molar-refractivity contribution in [2.45, 2.75) is 20.0 Å². The van der Waals surface area contributed by atoms with Crippen LogP contribution in [0.4, 0.5) is 0 Å². The highest BCUT2D eigenvalue weighted by molar-refractivity contribution is 6.30. The van der Waals surface area contributed by atoms with E-state index in [1.807, 2.05) is 0 Å².